The third-order valence-electron chi connectivity index (χ3n) is 2.49. The largest absolute Gasteiger partial charge is 0.378 e. The standard InChI is InChI=1S/C11H14N2O2.C2H6/c1-9(14)10-2-3-11(12-8-10)13-4-6-15-7-5-13;1-2/h2-3,8H,4-7H2,1H3;1-2H3. The van der Waals surface area contributed by atoms with Gasteiger partial charge in [-0.2, -0.15) is 0 Å². The Morgan fingerprint density at radius 3 is 2.41 bits per heavy atom. The van der Waals surface area contributed by atoms with Gasteiger partial charge in [0, 0.05) is 24.8 Å². The zero-order chi connectivity index (χ0) is 12.7. The second-order valence-electron chi connectivity index (χ2n) is 3.56. The molecule has 0 aromatic carbocycles. The lowest BCUT2D eigenvalue weighted by molar-refractivity contribution is 0.101. The van der Waals surface area contributed by atoms with Crippen molar-refractivity contribution < 1.29 is 9.53 Å². The van der Waals surface area contributed by atoms with Crippen molar-refractivity contribution in [2.45, 2.75) is 20.8 Å². The number of Topliss-reactive ketones (excluding diaryl/α,β-unsaturated/α-hetero) is 1. The maximum Gasteiger partial charge on any atom is 0.161 e. The summed E-state index contributed by atoms with van der Waals surface area (Å²) in [7, 11) is 0. The molecule has 0 radical (unpaired) electrons. The summed E-state index contributed by atoms with van der Waals surface area (Å²) in [4.78, 5) is 17.5. The van der Waals surface area contributed by atoms with Gasteiger partial charge in [-0.05, 0) is 19.1 Å². The van der Waals surface area contributed by atoms with Gasteiger partial charge < -0.3 is 9.64 Å². The van der Waals surface area contributed by atoms with E-state index in [1.165, 1.54) is 0 Å². The molecular weight excluding hydrogens is 216 g/mol. The third-order valence-corrected chi connectivity index (χ3v) is 2.49. The Morgan fingerprint density at radius 1 is 1.29 bits per heavy atom. The van der Waals surface area contributed by atoms with Crippen molar-refractivity contribution in [3.8, 4) is 0 Å². The van der Waals surface area contributed by atoms with Crippen LogP contribution in [0.4, 0.5) is 5.82 Å². The van der Waals surface area contributed by atoms with Gasteiger partial charge in [-0.15, -0.1) is 0 Å². The summed E-state index contributed by atoms with van der Waals surface area (Å²) < 4.78 is 5.26. The van der Waals surface area contributed by atoms with E-state index in [0.717, 1.165) is 32.1 Å². The molecule has 0 saturated carbocycles. The van der Waals surface area contributed by atoms with Crippen LogP contribution in [0.5, 0.6) is 0 Å². The van der Waals surface area contributed by atoms with E-state index in [-0.39, 0.29) is 5.78 Å². The van der Waals surface area contributed by atoms with Crippen LogP contribution in [0.25, 0.3) is 0 Å². The van der Waals surface area contributed by atoms with E-state index in [4.69, 9.17) is 4.74 Å². The predicted octanol–water partition coefficient (Wildman–Crippen LogP) is 2.15. The fourth-order valence-corrected chi connectivity index (χ4v) is 1.57. The number of rotatable bonds is 2. The van der Waals surface area contributed by atoms with Crippen LogP contribution >= 0.6 is 0 Å². The van der Waals surface area contributed by atoms with E-state index in [1.54, 1.807) is 13.1 Å². The first kappa shape index (κ1) is 13.6. The van der Waals surface area contributed by atoms with Crippen molar-refractivity contribution in [3.05, 3.63) is 23.9 Å². The molecule has 1 aromatic heterocycles. The molecule has 4 heteroatoms. The van der Waals surface area contributed by atoms with Gasteiger partial charge in [0.2, 0.25) is 0 Å². The Balaban J connectivity index is 0.000000686. The first-order valence-corrected chi connectivity index (χ1v) is 6.07. The SMILES string of the molecule is CC.CC(=O)c1ccc(N2CCOCC2)nc1. The highest BCUT2D eigenvalue weighted by Crippen LogP contribution is 2.12. The van der Waals surface area contributed by atoms with Crippen LogP contribution in [0.1, 0.15) is 31.1 Å². The van der Waals surface area contributed by atoms with E-state index in [1.807, 2.05) is 26.0 Å². The van der Waals surface area contributed by atoms with E-state index in [9.17, 15) is 4.79 Å². The number of morpholine rings is 1. The lowest BCUT2D eigenvalue weighted by atomic mass is 10.2. The van der Waals surface area contributed by atoms with Gasteiger partial charge in [0.15, 0.2) is 5.78 Å². The number of anilines is 1. The van der Waals surface area contributed by atoms with Gasteiger partial charge in [-0.3, -0.25) is 4.79 Å². The molecule has 0 spiro atoms. The van der Waals surface area contributed by atoms with Crippen LogP contribution in [0.2, 0.25) is 0 Å². The molecule has 0 atom stereocenters. The number of ether oxygens (including phenoxy) is 1. The van der Waals surface area contributed by atoms with Gasteiger partial charge in [-0.1, -0.05) is 13.8 Å². The summed E-state index contributed by atoms with van der Waals surface area (Å²) in [5.41, 5.74) is 0.659. The van der Waals surface area contributed by atoms with E-state index < -0.39 is 0 Å². The molecule has 0 aliphatic carbocycles. The summed E-state index contributed by atoms with van der Waals surface area (Å²) in [6, 6.07) is 3.71. The second-order valence-corrected chi connectivity index (χ2v) is 3.56. The Bertz CT molecular complexity index is 343. The quantitative estimate of drug-likeness (QED) is 0.738. The zero-order valence-corrected chi connectivity index (χ0v) is 10.8. The van der Waals surface area contributed by atoms with Crippen molar-refractivity contribution >= 4 is 11.6 Å². The highest BCUT2D eigenvalue weighted by Gasteiger charge is 2.12. The molecule has 0 amide bonds. The highest BCUT2D eigenvalue weighted by molar-refractivity contribution is 5.93. The normalized spacial score (nSPS) is 14.9. The number of ketones is 1. The monoisotopic (exact) mass is 236 g/mol. The van der Waals surface area contributed by atoms with Crippen LogP contribution in [-0.4, -0.2) is 37.1 Å². The Labute approximate surface area is 103 Å². The molecule has 1 aliphatic heterocycles. The second kappa shape index (κ2) is 7.01. The van der Waals surface area contributed by atoms with Crippen molar-refractivity contribution in [2.75, 3.05) is 31.2 Å². The molecule has 4 nitrogen and oxygen atoms in total. The van der Waals surface area contributed by atoms with Crippen molar-refractivity contribution in [1.29, 1.82) is 0 Å². The van der Waals surface area contributed by atoms with Crippen LogP contribution < -0.4 is 4.90 Å². The van der Waals surface area contributed by atoms with Gasteiger partial charge in [0.1, 0.15) is 5.82 Å². The summed E-state index contributed by atoms with van der Waals surface area (Å²) >= 11 is 0. The topological polar surface area (TPSA) is 42.4 Å². The average molecular weight is 236 g/mol. The lowest BCUT2D eigenvalue weighted by Crippen LogP contribution is -2.36. The predicted molar refractivity (Wildman–Crippen MR) is 68.6 cm³/mol. The van der Waals surface area contributed by atoms with E-state index in [0.29, 0.717) is 5.56 Å². The molecule has 1 fully saturated rings. The van der Waals surface area contributed by atoms with Crippen LogP contribution in [0, 0.1) is 0 Å². The zero-order valence-electron chi connectivity index (χ0n) is 10.8. The third kappa shape index (κ3) is 3.82. The fraction of sp³-hybridized carbons (Fsp3) is 0.538. The summed E-state index contributed by atoms with van der Waals surface area (Å²) in [6.45, 7) is 8.77. The molecule has 0 N–H and O–H groups in total. The van der Waals surface area contributed by atoms with Crippen molar-refractivity contribution in [2.24, 2.45) is 0 Å². The number of carbonyl (C=O) groups is 1. The summed E-state index contributed by atoms with van der Waals surface area (Å²) in [5.74, 6) is 0.972. The molecule has 0 bridgehead atoms. The number of nitrogens with zero attached hydrogens (tertiary/aromatic N) is 2. The Morgan fingerprint density at radius 2 is 1.94 bits per heavy atom. The maximum absolute atomic E-state index is 11.1. The molecule has 0 unspecified atom stereocenters. The van der Waals surface area contributed by atoms with Gasteiger partial charge >= 0.3 is 0 Å². The molecule has 1 aromatic rings. The summed E-state index contributed by atoms with van der Waals surface area (Å²) in [5, 5.41) is 0. The van der Waals surface area contributed by atoms with Gasteiger partial charge in [0.05, 0.1) is 13.2 Å². The van der Waals surface area contributed by atoms with Crippen LogP contribution in [-0.2, 0) is 4.74 Å². The number of pyridine rings is 1. The minimum atomic E-state index is 0.0519. The smallest absolute Gasteiger partial charge is 0.161 e. The Hall–Kier alpha value is -1.42. The van der Waals surface area contributed by atoms with E-state index >= 15 is 0 Å². The van der Waals surface area contributed by atoms with Crippen LogP contribution in [0.3, 0.4) is 0 Å². The van der Waals surface area contributed by atoms with Crippen molar-refractivity contribution in [1.82, 2.24) is 4.98 Å². The first-order valence-electron chi connectivity index (χ1n) is 6.07. The average Bonchev–Trinajstić information content (AvgIpc) is 2.42. The number of carbonyl (C=O) groups excluding carboxylic acids is 1. The first-order chi connectivity index (χ1) is 8.27. The summed E-state index contributed by atoms with van der Waals surface area (Å²) in [6.07, 6.45) is 1.63. The molecular formula is C13H20N2O2. The van der Waals surface area contributed by atoms with Gasteiger partial charge in [0.25, 0.3) is 0 Å². The molecule has 17 heavy (non-hydrogen) atoms. The van der Waals surface area contributed by atoms with E-state index in [2.05, 4.69) is 9.88 Å². The molecule has 94 valence electrons. The minimum Gasteiger partial charge on any atom is -0.378 e. The van der Waals surface area contributed by atoms with Crippen LogP contribution in [0.15, 0.2) is 18.3 Å². The maximum atomic E-state index is 11.1. The van der Waals surface area contributed by atoms with Gasteiger partial charge in [-0.25, -0.2) is 4.98 Å². The minimum absolute atomic E-state index is 0.0519. The van der Waals surface area contributed by atoms with Crippen molar-refractivity contribution in [3.63, 3.8) is 0 Å². The lowest BCUT2D eigenvalue weighted by Gasteiger charge is -2.27. The molecule has 1 aliphatic rings. The molecule has 1 saturated heterocycles. The number of hydrogen-bond acceptors (Lipinski definition) is 4. The highest BCUT2D eigenvalue weighted by atomic mass is 16.5. The number of hydrogen-bond donors (Lipinski definition) is 0. The fourth-order valence-electron chi connectivity index (χ4n) is 1.57. The molecule has 2 heterocycles. The number of aromatic nitrogens is 1. The Kier molecular flexibility index (Phi) is 5.63. The molecule has 2 rings (SSSR count).